The second-order valence-electron chi connectivity index (χ2n) is 4.69. The smallest absolute Gasteiger partial charge is 0.0113 e. The van der Waals surface area contributed by atoms with Gasteiger partial charge in [0.05, 0.1) is 0 Å². The molecular formula is C13H21N. The first-order valence-corrected chi connectivity index (χ1v) is 6.00. The molecule has 78 valence electrons. The van der Waals surface area contributed by atoms with Gasteiger partial charge in [-0.25, -0.2) is 0 Å². The van der Waals surface area contributed by atoms with Gasteiger partial charge in [-0.05, 0) is 43.6 Å². The monoisotopic (exact) mass is 191 g/mol. The lowest BCUT2D eigenvalue weighted by atomic mass is 9.83. The number of hydrogen-bond donors (Lipinski definition) is 1. The normalized spacial score (nSPS) is 24.3. The van der Waals surface area contributed by atoms with Gasteiger partial charge in [-0.2, -0.15) is 0 Å². The fraction of sp³-hybridized carbons (Fsp3) is 0.692. The number of nitrogens with two attached hydrogens (primary N) is 1. The zero-order valence-corrected chi connectivity index (χ0v) is 8.97. The summed E-state index contributed by atoms with van der Waals surface area (Å²) >= 11 is 0. The Labute approximate surface area is 87.1 Å². The van der Waals surface area contributed by atoms with E-state index < -0.39 is 0 Å². The lowest BCUT2D eigenvalue weighted by Gasteiger charge is -2.23. The van der Waals surface area contributed by atoms with E-state index in [2.05, 4.69) is 12.2 Å². The van der Waals surface area contributed by atoms with Gasteiger partial charge in [0.25, 0.3) is 0 Å². The zero-order valence-electron chi connectivity index (χ0n) is 8.97. The van der Waals surface area contributed by atoms with Crippen LogP contribution < -0.4 is 5.73 Å². The van der Waals surface area contributed by atoms with Gasteiger partial charge in [-0.3, -0.25) is 0 Å². The van der Waals surface area contributed by atoms with E-state index in [4.69, 9.17) is 5.73 Å². The summed E-state index contributed by atoms with van der Waals surface area (Å²) in [5.41, 5.74) is 8.52. The molecule has 0 aliphatic heterocycles. The molecule has 1 fully saturated rings. The summed E-state index contributed by atoms with van der Waals surface area (Å²) in [7, 11) is 0. The van der Waals surface area contributed by atoms with Gasteiger partial charge in [0.15, 0.2) is 0 Å². The standard InChI is InChI=1S/C13H21N/c14-13-10-2-1-8-12(13)9-4-7-11-5-3-6-11/h4,9,11H,1-3,5-8,10,14H2/b9-4-. The van der Waals surface area contributed by atoms with E-state index in [9.17, 15) is 0 Å². The topological polar surface area (TPSA) is 26.0 Å². The lowest BCUT2D eigenvalue weighted by Crippen LogP contribution is -2.09. The summed E-state index contributed by atoms with van der Waals surface area (Å²) in [6.45, 7) is 0. The average molecular weight is 191 g/mol. The summed E-state index contributed by atoms with van der Waals surface area (Å²) in [6, 6.07) is 0. The molecule has 0 spiro atoms. The maximum Gasteiger partial charge on any atom is 0.0113 e. The Morgan fingerprint density at radius 2 is 1.93 bits per heavy atom. The molecule has 1 nitrogen and oxygen atoms in total. The van der Waals surface area contributed by atoms with Crippen LogP contribution in [0.25, 0.3) is 0 Å². The van der Waals surface area contributed by atoms with Crippen molar-refractivity contribution >= 4 is 0 Å². The molecule has 0 amide bonds. The number of rotatable bonds is 3. The number of allylic oxidation sites excluding steroid dienone is 4. The van der Waals surface area contributed by atoms with Crippen LogP contribution in [0.1, 0.15) is 51.4 Å². The Morgan fingerprint density at radius 3 is 2.57 bits per heavy atom. The molecular weight excluding hydrogens is 170 g/mol. The largest absolute Gasteiger partial charge is 0.402 e. The van der Waals surface area contributed by atoms with Gasteiger partial charge in [-0.15, -0.1) is 0 Å². The molecule has 0 bridgehead atoms. The fourth-order valence-corrected chi connectivity index (χ4v) is 2.27. The third-order valence-corrected chi connectivity index (χ3v) is 3.57. The van der Waals surface area contributed by atoms with Crippen molar-refractivity contribution in [3.63, 3.8) is 0 Å². The van der Waals surface area contributed by atoms with Gasteiger partial charge in [0.1, 0.15) is 0 Å². The van der Waals surface area contributed by atoms with Crippen LogP contribution in [-0.2, 0) is 0 Å². The Morgan fingerprint density at radius 1 is 1.14 bits per heavy atom. The highest BCUT2D eigenvalue weighted by atomic mass is 14.6. The van der Waals surface area contributed by atoms with Crippen molar-refractivity contribution in [2.45, 2.75) is 51.4 Å². The van der Waals surface area contributed by atoms with E-state index in [1.165, 1.54) is 50.5 Å². The van der Waals surface area contributed by atoms with E-state index in [-0.39, 0.29) is 0 Å². The van der Waals surface area contributed by atoms with Gasteiger partial charge in [0.2, 0.25) is 0 Å². The maximum atomic E-state index is 5.97. The van der Waals surface area contributed by atoms with Crippen LogP contribution >= 0.6 is 0 Å². The summed E-state index contributed by atoms with van der Waals surface area (Å²) in [5, 5.41) is 0. The summed E-state index contributed by atoms with van der Waals surface area (Å²) < 4.78 is 0. The van der Waals surface area contributed by atoms with Crippen LogP contribution in [0, 0.1) is 5.92 Å². The second kappa shape index (κ2) is 4.68. The zero-order chi connectivity index (χ0) is 9.80. The lowest BCUT2D eigenvalue weighted by molar-refractivity contribution is 0.319. The molecule has 1 heteroatoms. The highest BCUT2D eigenvalue weighted by molar-refractivity contribution is 5.25. The quantitative estimate of drug-likeness (QED) is 0.725. The molecule has 0 aromatic carbocycles. The van der Waals surface area contributed by atoms with Crippen molar-refractivity contribution in [1.29, 1.82) is 0 Å². The van der Waals surface area contributed by atoms with Crippen molar-refractivity contribution in [2.75, 3.05) is 0 Å². The molecule has 0 aromatic heterocycles. The van der Waals surface area contributed by atoms with Gasteiger partial charge < -0.3 is 5.73 Å². The molecule has 0 aromatic rings. The number of hydrogen-bond acceptors (Lipinski definition) is 1. The Bertz CT molecular complexity index is 246. The molecule has 2 rings (SSSR count). The molecule has 0 saturated heterocycles. The first-order valence-electron chi connectivity index (χ1n) is 6.00. The van der Waals surface area contributed by atoms with Crippen molar-refractivity contribution < 1.29 is 0 Å². The minimum atomic E-state index is 0.983. The van der Waals surface area contributed by atoms with Crippen molar-refractivity contribution in [3.8, 4) is 0 Å². The second-order valence-corrected chi connectivity index (χ2v) is 4.69. The molecule has 2 aliphatic rings. The average Bonchev–Trinajstić information content (AvgIpc) is 2.12. The molecule has 0 heterocycles. The SMILES string of the molecule is NC1=C(/C=C\CC2CCC2)CCCC1. The molecule has 0 radical (unpaired) electrons. The minimum Gasteiger partial charge on any atom is -0.402 e. The minimum absolute atomic E-state index is 0.983. The molecule has 1 saturated carbocycles. The van der Waals surface area contributed by atoms with Crippen LogP contribution in [0.15, 0.2) is 23.4 Å². The summed E-state index contributed by atoms with van der Waals surface area (Å²) in [6.07, 6.45) is 15.2. The van der Waals surface area contributed by atoms with E-state index in [1.54, 1.807) is 0 Å². The molecule has 0 unspecified atom stereocenters. The first-order chi connectivity index (χ1) is 6.86. The predicted octanol–water partition coefficient (Wildman–Crippen LogP) is 3.52. The van der Waals surface area contributed by atoms with Crippen LogP contribution in [0.2, 0.25) is 0 Å². The summed E-state index contributed by atoms with van der Waals surface area (Å²) in [4.78, 5) is 0. The Balaban J connectivity index is 1.82. The summed E-state index contributed by atoms with van der Waals surface area (Å²) in [5.74, 6) is 0.983. The van der Waals surface area contributed by atoms with E-state index in [0.29, 0.717) is 0 Å². The van der Waals surface area contributed by atoms with Crippen LogP contribution in [0.3, 0.4) is 0 Å². The van der Waals surface area contributed by atoms with Gasteiger partial charge in [-0.1, -0.05) is 31.4 Å². The first kappa shape index (κ1) is 9.82. The third kappa shape index (κ3) is 2.40. The Kier molecular flexibility index (Phi) is 3.28. The van der Waals surface area contributed by atoms with Gasteiger partial charge in [0, 0.05) is 5.70 Å². The van der Waals surface area contributed by atoms with Crippen molar-refractivity contribution in [3.05, 3.63) is 23.4 Å². The van der Waals surface area contributed by atoms with Crippen LogP contribution in [0.4, 0.5) is 0 Å². The highest BCUT2D eigenvalue weighted by Crippen LogP contribution is 2.30. The maximum absolute atomic E-state index is 5.97. The van der Waals surface area contributed by atoms with Crippen LogP contribution in [-0.4, -0.2) is 0 Å². The third-order valence-electron chi connectivity index (χ3n) is 3.57. The fourth-order valence-electron chi connectivity index (χ4n) is 2.27. The van der Waals surface area contributed by atoms with Gasteiger partial charge >= 0.3 is 0 Å². The molecule has 2 N–H and O–H groups in total. The molecule has 0 atom stereocenters. The van der Waals surface area contributed by atoms with E-state index in [1.807, 2.05) is 0 Å². The van der Waals surface area contributed by atoms with Crippen molar-refractivity contribution in [2.24, 2.45) is 11.7 Å². The predicted molar refractivity (Wildman–Crippen MR) is 60.8 cm³/mol. The molecule has 2 aliphatic carbocycles. The molecule has 14 heavy (non-hydrogen) atoms. The van der Waals surface area contributed by atoms with E-state index >= 15 is 0 Å². The highest BCUT2D eigenvalue weighted by Gasteiger charge is 2.15. The van der Waals surface area contributed by atoms with Crippen LogP contribution in [0.5, 0.6) is 0 Å². The van der Waals surface area contributed by atoms with Crippen molar-refractivity contribution in [1.82, 2.24) is 0 Å². The van der Waals surface area contributed by atoms with E-state index in [0.717, 1.165) is 18.0 Å². The Hall–Kier alpha value is -0.720.